The second-order valence-corrected chi connectivity index (χ2v) is 14.4. The van der Waals surface area contributed by atoms with Crippen molar-refractivity contribution in [3.8, 4) is 0 Å². The van der Waals surface area contributed by atoms with Crippen LogP contribution in [0.5, 0.6) is 0 Å². The summed E-state index contributed by atoms with van der Waals surface area (Å²) in [5.41, 5.74) is 4.65. The van der Waals surface area contributed by atoms with Crippen LogP contribution >= 0.6 is 0 Å². The van der Waals surface area contributed by atoms with E-state index in [1.165, 1.54) is 51.4 Å². The van der Waals surface area contributed by atoms with Crippen LogP contribution in [0.25, 0.3) is 0 Å². The molecule has 0 saturated heterocycles. The van der Waals surface area contributed by atoms with Crippen LogP contribution in [0.4, 0.5) is 0 Å². The second-order valence-electron chi connectivity index (χ2n) is 14.4. The van der Waals surface area contributed by atoms with Crippen LogP contribution in [0.1, 0.15) is 120 Å². The molecule has 0 amide bonds. The Morgan fingerprint density at radius 3 is 2.33 bits per heavy atom. The number of hydrogen-bond acceptors (Lipinski definition) is 1. The molecule has 8 atom stereocenters. The molecule has 33 heavy (non-hydrogen) atoms. The highest BCUT2D eigenvalue weighted by molar-refractivity contribution is 5.32. The Hall–Kier alpha value is -0.560. The van der Waals surface area contributed by atoms with Crippen molar-refractivity contribution in [3.05, 3.63) is 23.3 Å². The lowest BCUT2D eigenvalue weighted by molar-refractivity contribution is -0.118. The van der Waals surface area contributed by atoms with E-state index in [0.29, 0.717) is 22.7 Å². The van der Waals surface area contributed by atoms with Gasteiger partial charge in [0.15, 0.2) is 0 Å². The zero-order valence-electron chi connectivity index (χ0n) is 23.4. The first-order chi connectivity index (χ1) is 15.3. The van der Waals surface area contributed by atoms with Crippen molar-refractivity contribution in [2.45, 2.75) is 126 Å². The van der Waals surface area contributed by atoms with E-state index in [-0.39, 0.29) is 16.9 Å². The fraction of sp³-hybridized carbons (Fsp3) is 0.875. The summed E-state index contributed by atoms with van der Waals surface area (Å²) in [6.45, 7) is 22.1. The summed E-state index contributed by atoms with van der Waals surface area (Å²) in [7, 11) is 0. The molecular weight excluding hydrogens is 400 g/mol. The van der Waals surface area contributed by atoms with Crippen molar-refractivity contribution in [2.24, 2.45) is 51.2 Å². The molecule has 1 heteroatoms. The quantitative estimate of drug-likeness (QED) is 0.411. The third kappa shape index (κ3) is 3.65. The smallest absolute Gasteiger partial charge is 0.0594 e. The van der Waals surface area contributed by atoms with E-state index in [2.05, 4.69) is 74.5 Å². The minimum absolute atomic E-state index is 0.0358. The first-order valence-corrected chi connectivity index (χ1v) is 14.4. The van der Waals surface area contributed by atoms with Gasteiger partial charge in [0, 0.05) is 0 Å². The van der Waals surface area contributed by atoms with Crippen LogP contribution in [0.15, 0.2) is 23.3 Å². The van der Waals surface area contributed by atoms with Gasteiger partial charge in [-0.2, -0.15) is 0 Å². The van der Waals surface area contributed by atoms with E-state index < -0.39 is 0 Å². The third-order valence-corrected chi connectivity index (χ3v) is 12.5. The van der Waals surface area contributed by atoms with Crippen LogP contribution in [-0.2, 0) is 0 Å². The Balaban J connectivity index is 1.60. The lowest BCUT2D eigenvalue weighted by Gasteiger charge is -2.64. The zero-order chi connectivity index (χ0) is 24.4. The molecule has 0 bridgehead atoms. The van der Waals surface area contributed by atoms with Crippen LogP contribution in [0.2, 0.25) is 0 Å². The zero-order valence-corrected chi connectivity index (χ0v) is 23.4. The van der Waals surface area contributed by atoms with Crippen molar-refractivity contribution in [3.63, 3.8) is 0 Å². The first-order valence-electron chi connectivity index (χ1n) is 14.4. The number of fused-ring (bicyclic) bond motifs is 5. The van der Waals surface area contributed by atoms with Gasteiger partial charge in [0.05, 0.1) is 6.10 Å². The van der Waals surface area contributed by atoms with Gasteiger partial charge in [0.2, 0.25) is 0 Å². The molecule has 0 radical (unpaired) electrons. The normalized spacial score (nSPS) is 45.8. The average Bonchev–Trinajstić information content (AvgIpc) is 3.03. The highest BCUT2D eigenvalue weighted by Gasteiger charge is 2.65. The predicted molar refractivity (Wildman–Crippen MR) is 142 cm³/mol. The number of allylic oxidation sites excluding steroid dienone is 4. The van der Waals surface area contributed by atoms with Gasteiger partial charge in [0.25, 0.3) is 0 Å². The fourth-order valence-electron chi connectivity index (χ4n) is 10.0. The number of aliphatic hydroxyl groups is 1. The molecule has 0 aromatic heterocycles. The van der Waals surface area contributed by atoms with Gasteiger partial charge in [-0.25, -0.2) is 0 Å². The van der Waals surface area contributed by atoms with Gasteiger partial charge >= 0.3 is 0 Å². The Bertz CT molecular complexity index is 801. The molecule has 0 aromatic carbocycles. The van der Waals surface area contributed by atoms with Crippen molar-refractivity contribution in [2.75, 3.05) is 0 Å². The van der Waals surface area contributed by atoms with Crippen LogP contribution in [0, 0.1) is 51.2 Å². The summed E-state index contributed by atoms with van der Waals surface area (Å²) in [6, 6.07) is 0. The number of hydrogen-bond donors (Lipinski definition) is 1. The van der Waals surface area contributed by atoms with E-state index in [9.17, 15) is 5.11 Å². The Morgan fingerprint density at radius 2 is 1.70 bits per heavy atom. The Kier molecular flexibility index (Phi) is 6.60. The molecule has 3 saturated carbocycles. The third-order valence-electron chi connectivity index (χ3n) is 12.5. The Labute approximate surface area is 205 Å². The molecule has 1 N–H and O–H groups in total. The van der Waals surface area contributed by atoms with Crippen molar-refractivity contribution >= 4 is 0 Å². The Morgan fingerprint density at radius 1 is 1.00 bits per heavy atom. The van der Waals surface area contributed by atoms with E-state index >= 15 is 0 Å². The molecule has 188 valence electrons. The van der Waals surface area contributed by atoms with Crippen LogP contribution in [0.3, 0.4) is 0 Å². The second kappa shape index (κ2) is 8.53. The van der Waals surface area contributed by atoms with Gasteiger partial charge in [0.1, 0.15) is 0 Å². The molecular formula is C32H54O. The van der Waals surface area contributed by atoms with Gasteiger partial charge in [-0.1, -0.05) is 78.7 Å². The monoisotopic (exact) mass is 454 g/mol. The molecule has 0 spiro atoms. The lowest BCUT2D eigenvalue weighted by atomic mass is 9.41. The summed E-state index contributed by atoms with van der Waals surface area (Å²) in [4.78, 5) is 0. The largest absolute Gasteiger partial charge is 0.393 e. The minimum Gasteiger partial charge on any atom is -0.393 e. The van der Waals surface area contributed by atoms with Gasteiger partial charge in [-0.3, -0.25) is 0 Å². The molecule has 1 nitrogen and oxygen atoms in total. The van der Waals surface area contributed by atoms with Gasteiger partial charge in [-0.15, -0.1) is 0 Å². The molecule has 3 fully saturated rings. The SMILES string of the molecule is CC=C(CCC(C)C1CCC2(C)C3CCC4C(C)(CCC(O)C4(C)C)C3=CCC12C)C(C)C. The van der Waals surface area contributed by atoms with Crippen molar-refractivity contribution in [1.82, 2.24) is 0 Å². The van der Waals surface area contributed by atoms with Crippen LogP contribution < -0.4 is 0 Å². The first kappa shape index (κ1) is 25.5. The summed E-state index contributed by atoms with van der Waals surface area (Å²) in [5.74, 6) is 3.70. The lowest BCUT2D eigenvalue weighted by Crippen LogP contribution is -2.57. The molecule has 8 unspecified atom stereocenters. The summed E-state index contributed by atoms with van der Waals surface area (Å²) in [5, 5.41) is 10.8. The topological polar surface area (TPSA) is 20.2 Å². The van der Waals surface area contributed by atoms with Gasteiger partial charge < -0.3 is 5.11 Å². The highest BCUT2D eigenvalue weighted by atomic mass is 16.3. The molecule has 4 aliphatic rings. The summed E-state index contributed by atoms with van der Waals surface area (Å²) < 4.78 is 0. The van der Waals surface area contributed by atoms with E-state index in [1.54, 1.807) is 5.57 Å². The number of aliphatic hydroxyl groups excluding tert-OH is 1. The maximum absolute atomic E-state index is 10.8. The van der Waals surface area contributed by atoms with Crippen molar-refractivity contribution in [1.29, 1.82) is 0 Å². The number of rotatable bonds is 5. The van der Waals surface area contributed by atoms with E-state index in [1.807, 2.05) is 5.57 Å². The molecule has 4 aliphatic carbocycles. The van der Waals surface area contributed by atoms with Crippen molar-refractivity contribution < 1.29 is 5.11 Å². The van der Waals surface area contributed by atoms with E-state index in [0.717, 1.165) is 24.2 Å². The van der Waals surface area contributed by atoms with E-state index in [4.69, 9.17) is 0 Å². The summed E-state index contributed by atoms with van der Waals surface area (Å²) >= 11 is 0. The molecule has 0 heterocycles. The summed E-state index contributed by atoms with van der Waals surface area (Å²) in [6.07, 6.45) is 16.5. The average molecular weight is 455 g/mol. The highest BCUT2D eigenvalue weighted by Crippen LogP contribution is 2.73. The van der Waals surface area contributed by atoms with Crippen LogP contribution in [-0.4, -0.2) is 11.2 Å². The molecule has 4 rings (SSSR count). The fourth-order valence-corrected chi connectivity index (χ4v) is 10.0. The maximum Gasteiger partial charge on any atom is 0.0594 e. The van der Waals surface area contributed by atoms with Gasteiger partial charge in [-0.05, 0) is 116 Å². The minimum atomic E-state index is -0.137. The predicted octanol–water partition coefficient (Wildman–Crippen LogP) is 8.97. The molecule has 0 aromatic rings. The maximum atomic E-state index is 10.8. The standard InChI is InChI=1S/C32H54O/c1-10-23(21(2)3)12-11-22(4)24-15-19-32(9)26-13-14-27-29(5,6)28(33)17-18-30(27,7)25(26)16-20-31(24,32)8/h10,16,21-22,24,26-28,33H,11-15,17-20H2,1-9H3. The molecule has 0 aliphatic heterocycles.